The molecule has 2 aromatic rings. The van der Waals surface area contributed by atoms with E-state index >= 15 is 0 Å². The van der Waals surface area contributed by atoms with E-state index in [1.165, 1.54) is 23.1 Å². The zero-order valence-corrected chi connectivity index (χ0v) is 24.2. The highest BCUT2D eigenvalue weighted by molar-refractivity contribution is 7.92. The number of carbonyl (C=O) groups is 2. The minimum atomic E-state index is -3.92. The summed E-state index contributed by atoms with van der Waals surface area (Å²) in [6, 6.07) is 8.23. The van der Waals surface area contributed by atoms with E-state index in [0.717, 1.165) is 10.6 Å². The van der Waals surface area contributed by atoms with Gasteiger partial charge in [-0.3, -0.25) is 13.9 Å². The minimum absolute atomic E-state index is 0.00804. The Bertz CT molecular complexity index is 1210. The Morgan fingerprint density at radius 1 is 0.944 bits per heavy atom. The monoisotopic (exact) mass is 595 g/mol. The lowest BCUT2D eigenvalue weighted by molar-refractivity contribution is -0.140. The van der Waals surface area contributed by atoms with Crippen molar-refractivity contribution in [3.63, 3.8) is 0 Å². The lowest BCUT2D eigenvalue weighted by atomic mass is 10.1. The first-order chi connectivity index (χ1) is 16.8. The third-order valence-corrected chi connectivity index (χ3v) is 7.98. The maximum absolute atomic E-state index is 13.7. The van der Waals surface area contributed by atoms with E-state index in [2.05, 4.69) is 5.32 Å². The van der Waals surface area contributed by atoms with Crippen molar-refractivity contribution in [2.24, 2.45) is 0 Å². The Morgan fingerprint density at radius 3 is 2.14 bits per heavy atom. The summed E-state index contributed by atoms with van der Waals surface area (Å²) < 4.78 is 26.3. The second-order valence-corrected chi connectivity index (χ2v) is 11.9. The number of rotatable bonds is 11. The number of hydrogen-bond acceptors (Lipinski definition) is 4. The van der Waals surface area contributed by atoms with Crippen LogP contribution in [-0.2, 0) is 26.2 Å². The van der Waals surface area contributed by atoms with Crippen molar-refractivity contribution in [3.05, 3.63) is 62.1 Å². The van der Waals surface area contributed by atoms with Crippen molar-refractivity contribution in [2.75, 3.05) is 17.1 Å². The van der Waals surface area contributed by atoms with E-state index in [1.54, 1.807) is 25.1 Å². The summed E-state index contributed by atoms with van der Waals surface area (Å²) in [5.41, 5.74) is 0.728. The Labute approximate surface area is 232 Å². The molecule has 0 aliphatic rings. The molecule has 0 saturated heterocycles. The third-order valence-electron chi connectivity index (χ3n) is 5.58. The second-order valence-electron chi connectivity index (χ2n) is 8.38. The molecule has 0 bridgehead atoms. The van der Waals surface area contributed by atoms with Gasteiger partial charge in [0.2, 0.25) is 21.8 Å². The van der Waals surface area contributed by atoms with Gasteiger partial charge in [-0.15, -0.1) is 0 Å². The zero-order valence-electron chi connectivity index (χ0n) is 20.4. The van der Waals surface area contributed by atoms with Gasteiger partial charge in [-0.25, -0.2) is 8.42 Å². The van der Waals surface area contributed by atoms with Gasteiger partial charge in [0.1, 0.15) is 12.6 Å². The summed E-state index contributed by atoms with van der Waals surface area (Å²) in [5, 5.41) is 3.93. The normalized spacial score (nSPS) is 13.1. The number of benzene rings is 2. The predicted molar refractivity (Wildman–Crippen MR) is 148 cm³/mol. The molecule has 2 atom stereocenters. The molecule has 0 unspecified atom stereocenters. The summed E-state index contributed by atoms with van der Waals surface area (Å²) in [7, 11) is -3.92. The summed E-state index contributed by atoms with van der Waals surface area (Å²) in [5.74, 6) is -0.931. The molecule has 0 saturated carbocycles. The molecular weight excluding hydrogens is 568 g/mol. The van der Waals surface area contributed by atoms with E-state index in [1.807, 2.05) is 13.8 Å². The minimum Gasteiger partial charge on any atom is -0.352 e. The van der Waals surface area contributed by atoms with Crippen molar-refractivity contribution >= 4 is 73.9 Å². The van der Waals surface area contributed by atoms with E-state index in [4.69, 9.17) is 46.4 Å². The van der Waals surface area contributed by atoms with Gasteiger partial charge in [0.15, 0.2) is 0 Å². The first kappa shape index (κ1) is 30.5. The Balaban J connectivity index is 2.50. The number of carbonyl (C=O) groups excluding carboxylic acids is 2. The standard InChI is InChI=1S/C24H29Cl4N3O4S/c1-5-15(3)29-24(33)21(6-2)30(13-16-7-9-18(26)19(27)11-16)23(32)14-31(36(4,34)35)22-10-8-17(25)12-20(22)28/h7-12,15,21H,5-6,13-14H2,1-4H3,(H,29,33)/t15-,21-/m1/s1. The molecule has 7 nitrogen and oxygen atoms in total. The number of sulfonamides is 1. The number of halogens is 4. The van der Waals surface area contributed by atoms with Crippen molar-refractivity contribution in [2.45, 2.75) is 52.2 Å². The van der Waals surface area contributed by atoms with Crippen LogP contribution in [0.1, 0.15) is 39.2 Å². The van der Waals surface area contributed by atoms with Crippen LogP contribution in [0.25, 0.3) is 0 Å². The second kappa shape index (κ2) is 13.2. The quantitative estimate of drug-likeness (QED) is 0.356. The number of nitrogens with one attached hydrogen (secondary N) is 1. The summed E-state index contributed by atoms with van der Waals surface area (Å²) in [4.78, 5) is 28.2. The number of nitrogens with zero attached hydrogens (tertiary/aromatic N) is 2. The number of anilines is 1. The predicted octanol–water partition coefficient (Wildman–Crippen LogP) is 5.79. The number of hydrogen-bond donors (Lipinski definition) is 1. The van der Waals surface area contributed by atoms with Crippen molar-refractivity contribution in [1.82, 2.24) is 10.2 Å². The lowest BCUT2D eigenvalue weighted by Gasteiger charge is -2.33. The molecule has 2 aromatic carbocycles. The molecule has 1 N–H and O–H groups in total. The molecule has 0 aliphatic heterocycles. The molecule has 198 valence electrons. The SMILES string of the molecule is CC[C@@H](C)NC(=O)[C@@H](CC)N(Cc1ccc(Cl)c(Cl)c1)C(=O)CN(c1ccc(Cl)cc1Cl)S(C)(=O)=O. The number of amides is 2. The molecule has 2 rings (SSSR count). The van der Waals surface area contributed by atoms with Gasteiger partial charge >= 0.3 is 0 Å². The molecule has 0 spiro atoms. The van der Waals surface area contributed by atoms with Crippen LogP contribution in [0, 0.1) is 0 Å². The van der Waals surface area contributed by atoms with E-state index < -0.39 is 28.5 Å². The molecular formula is C24H29Cl4N3O4S. The highest BCUT2D eigenvalue weighted by Gasteiger charge is 2.32. The Kier molecular flexibility index (Phi) is 11.2. The Hall–Kier alpha value is -1.71. The third kappa shape index (κ3) is 8.15. The fourth-order valence-corrected chi connectivity index (χ4v) is 5.22. The van der Waals surface area contributed by atoms with Crippen molar-refractivity contribution < 1.29 is 18.0 Å². The zero-order chi connectivity index (χ0) is 27.2. The van der Waals surface area contributed by atoms with Gasteiger partial charge < -0.3 is 10.2 Å². The average Bonchev–Trinajstić information content (AvgIpc) is 2.79. The van der Waals surface area contributed by atoms with E-state index in [9.17, 15) is 18.0 Å². The average molecular weight is 597 g/mol. The van der Waals surface area contributed by atoms with Crippen molar-refractivity contribution in [3.8, 4) is 0 Å². The van der Waals surface area contributed by atoms with Crippen LogP contribution in [0.2, 0.25) is 20.1 Å². The fourth-order valence-electron chi connectivity index (χ4n) is 3.47. The Morgan fingerprint density at radius 2 is 1.61 bits per heavy atom. The van der Waals surface area contributed by atoms with Crippen molar-refractivity contribution in [1.29, 1.82) is 0 Å². The van der Waals surface area contributed by atoms with Gasteiger partial charge in [-0.1, -0.05) is 66.3 Å². The lowest BCUT2D eigenvalue weighted by Crippen LogP contribution is -2.53. The molecule has 0 aliphatic carbocycles. The summed E-state index contributed by atoms with van der Waals surface area (Å²) in [6.07, 6.45) is 1.98. The van der Waals surface area contributed by atoms with Crippen LogP contribution in [0.4, 0.5) is 5.69 Å². The maximum Gasteiger partial charge on any atom is 0.244 e. The molecule has 0 fully saturated rings. The summed E-state index contributed by atoms with van der Waals surface area (Å²) >= 11 is 24.4. The summed E-state index contributed by atoms with van der Waals surface area (Å²) in [6.45, 7) is 5.01. The van der Waals surface area contributed by atoms with Crippen LogP contribution < -0.4 is 9.62 Å². The van der Waals surface area contributed by atoms with Gasteiger partial charge in [0.05, 0.1) is 27.0 Å². The van der Waals surface area contributed by atoms with Gasteiger partial charge in [0.25, 0.3) is 0 Å². The van der Waals surface area contributed by atoms with E-state index in [0.29, 0.717) is 33.5 Å². The molecule has 2 amide bonds. The van der Waals surface area contributed by atoms with Crippen LogP contribution in [0.15, 0.2) is 36.4 Å². The van der Waals surface area contributed by atoms with Crippen LogP contribution in [0.5, 0.6) is 0 Å². The highest BCUT2D eigenvalue weighted by Crippen LogP contribution is 2.31. The molecule has 12 heteroatoms. The maximum atomic E-state index is 13.7. The fraction of sp³-hybridized carbons (Fsp3) is 0.417. The van der Waals surface area contributed by atoms with Gasteiger partial charge in [0, 0.05) is 17.6 Å². The molecule has 0 aromatic heterocycles. The van der Waals surface area contributed by atoms with Crippen LogP contribution >= 0.6 is 46.4 Å². The van der Waals surface area contributed by atoms with Gasteiger partial charge in [-0.2, -0.15) is 0 Å². The highest BCUT2D eigenvalue weighted by atomic mass is 35.5. The first-order valence-corrected chi connectivity index (χ1v) is 14.6. The first-order valence-electron chi connectivity index (χ1n) is 11.2. The molecule has 0 heterocycles. The van der Waals surface area contributed by atoms with Crippen LogP contribution in [0.3, 0.4) is 0 Å². The molecule has 36 heavy (non-hydrogen) atoms. The van der Waals surface area contributed by atoms with Gasteiger partial charge in [-0.05, 0) is 55.7 Å². The van der Waals surface area contributed by atoms with E-state index in [-0.39, 0.29) is 29.2 Å². The smallest absolute Gasteiger partial charge is 0.244 e. The molecule has 0 radical (unpaired) electrons. The van der Waals surface area contributed by atoms with Crippen LogP contribution in [-0.4, -0.2) is 50.0 Å². The largest absolute Gasteiger partial charge is 0.352 e. The topological polar surface area (TPSA) is 86.8 Å².